The predicted molar refractivity (Wildman–Crippen MR) is 171 cm³/mol. The predicted octanol–water partition coefficient (Wildman–Crippen LogP) is 5.66. The highest BCUT2D eigenvalue weighted by Crippen LogP contribution is 2.48. The van der Waals surface area contributed by atoms with Gasteiger partial charge in [0, 0.05) is 30.8 Å². The molecule has 3 N–H and O–H groups in total. The van der Waals surface area contributed by atoms with E-state index in [2.05, 4.69) is 15.6 Å². The highest BCUT2D eigenvalue weighted by molar-refractivity contribution is 7.21. The number of hydrogen-bond acceptors (Lipinski definition) is 11. The van der Waals surface area contributed by atoms with Crippen LogP contribution in [0.4, 0.5) is 11.8 Å². The van der Waals surface area contributed by atoms with Crippen LogP contribution >= 0.6 is 11.3 Å². The van der Waals surface area contributed by atoms with E-state index in [4.69, 9.17) is 29.2 Å². The van der Waals surface area contributed by atoms with Crippen molar-refractivity contribution in [2.75, 3.05) is 30.4 Å². The van der Waals surface area contributed by atoms with Gasteiger partial charge in [-0.3, -0.25) is 4.98 Å². The Morgan fingerprint density at radius 2 is 1.82 bits per heavy atom. The molecule has 0 bridgehead atoms. The van der Waals surface area contributed by atoms with E-state index in [9.17, 15) is 5.11 Å². The van der Waals surface area contributed by atoms with Crippen molar-refractivity contribution in [1.29, 1.82) is 0 Å². The minimum atomic E-state index is -0.955. The van der Waals surface area contributed by atoms with Gasteiger partial charge in [0.15, 0.2) is 6.29 Å². The van der Waals surface area contributed by atoms with Gasteiger partial charge in [-0.05, 0) is 58.9 Å². The summed E-state index contributed by atoms with van der Waals surface area (Å²) < 4.78 is 20.0. The van der Waals surface area contributed by atoms with Gasteiger partial charge in [0.2, 0.25) is 5.95 Å². The molecule has 2 aliphatic carbocycles. The van der Waals surface area contributed by atoms with Crippen LogP contribution in [0.3, 0.4) is 0 Å². The third kappa shape index (κ3) is 6.03. The second kappa shape index (κ2) is 11.9. The Hall–Kier alpha value is -3.22. The first-order chi connectivity index (χ1) is 21.2. The minimum absolute atomic E-state index is 0.137. The molecule has 3 aliphatic rings. The standard InChI is InChI=1S/C33H40N6O4S/c1-18-25(30-38-26-19(2)34-13-12-24(26)44-30)29(39-32(36-18)35-14-15-41-17-20-10-11-20)37-23-16-22(33(3,4)40)27-28(23)43-31(42-27)21-8-6-5-7-9-21/h5-9,12-13,20,22-23,27-28,31,40H,10-11,14-17H2,1-4H3,(H2,35,36,37,39)/t22-,23+,27+,28-,31?/m0/s1. The number of aryl methyl sites for hydroxylation is 2. The third-order valence-electron chi connectivity index (χ3n) is 8.86. The van der Waals surface area contributed by atoms with Gasteiger partial charge in [-0.2, -0.15) is 4.98 Å². The van der Waals surface area contributed by atoms with Crippen molar-refractivity contribution < 1.29 is 19.3 Å². The van der Waals surface area contributed by atoms with Gasteiger partial charge in [0.25, 0.3) is 0 Å². The molecule has 1 aromatic carbocycles. The maximum absolute atomic E-state index is 11.2. The van der Waals surface area contributed by atoms with Crippen LogP contribution in [0.15, 0.2) is 42.6 Å². The molecule has 2 saturated carbocycles. The zero-order chi connectivity index (χ0) is 30.4. The number of aromatic nitrogens is 4. The maximum atomic E-state index is 11.2. The lowest BCUT2D eigenvalue weighted by atomic mass is 9.87. The van der Waals surface area contributed by atoms with Crippen molar-refractivity contribution in [2.45, 2.75) is 77.1 Å². The van der Waals surface area contributed by atoms with E-state index in [1.807, 2.05) is 70.3 Å². The molecule has 4 aromatic rings. The number of hydrogen-bond donors (Lipinski definition) is 3. The van der Waals surface area contributed by atoms with Crippen molar-refractivity contribution in [3.63, 3.8) is 0 Å². The molecular formula is C33H40N6O4S. The molecule has 0 spiro atoms. The van der Waals surface area contributed by atoms with Crippen LogP contribution in [0.1, 0.15) is 56.4 Å². The SMILES string of the molecule is Cc1nc(NCCOCC2CC2)nc(N[C@@H]2C[C@H](C(C)(C)O)[C@H]3OC(c4ccccc4)O[C@H]32)c1-c1nc2c(C)nccc2s1. The third-order valence-corrected chi connectivity index (χ3v) is 9.90. The molecule has 44 heavy (non-hydrogen) atoms. The van der Waals surface area contributed by atoms with E-state index >= 15 is 0 Å². The molecular weight excluding hydrogens is 576 g/mol. The Bertz CT molecular complexity index is 1620. The molecule has 0 radical (unpaired) electrons. The molecule has 0 amide bonds. The summed E-state index contributed by atoms with van der Waals surface area (Å²) in [6, 6.07) is 11.8. The fraction of sp³-hybridized carbons (Fsp3) is 0.515. The molecule has 7 rings (SSSR count). The van der Waals surface area contributed by atoms with Gasteiger partial charge < -0.3 is 30.0 Å². The number of ether oxygens (including phenoxy) is 3. The molecule has 232 valence electrons. The van der Waals surface area contributed by atoms with Gasteiger partial charge in [0.05, 0.1) is 46.0 Å². The molecule has 1 saturated heterocycles. The van der Waals surface area contributed by atoms with Gasteiger partial charge in [-0.1, -0.05) is 30.3 Å². The molecule has 5 atom stereocenters. The largest absolute Gasteiger partial charge is 0.390 e. The number of pyridine rings is 1. The van der Waals surface area contributed by atoms with Crippen molar-refractivity contribution in [1.82, 2.24) is 19.9 Å². The van der Waals surface area contributed by atoms with Gasteiger partial charge in [-0.15, -0.1) is 11.3 Å². The fourth-order valence-corrected chi connectivity index (χ4v) is 7.42. The number of anilines is 2. The Morgan fingerprint density at radius 1 is 1.02 bits per heavy atom. The summed E-state index contributed by atoms with van der Waals surface area (Å²) >= 11 is 1.60. The zero-order valence-electron chi connectivity index (χ0n) is 25.6. The monoisotopic (exact) mass is 616 g/mol. The number of nitrogens with zero attached hydrogens (tertiary/aromatic N) is 4. The molecule has 10 nitrogen and oxygen atoms in total. The van der Waals surface area contributed by atoms with Crippen molar-refractivity contribution >= 4 is 33.3 Å². The van der Waals surface area contributed by atoms with Crippen LogP contribution in [0, 0.1) is 25.7 Å². The normalized spacial score (nSPS) is 25.0. The quantitative estimate of drug-likeness (QED) is 0.182. The summed E-state index contributed by atoms with van der Waals surface area (Å²) in [5.41, 5.74) is 3.44. The minimum Gasteiger partial charge on any atom is -0.390 e. The van der Waals surface area contributed by atoms with E-state index in [-0.39, 0.29) is 24.2 Å². The molecule has 4 heterocycles. The number of benzene rings is 1. The highest BCUT2D eigenvalue weighted by Gasteiger charge is 2.55. The zero-order valence-corrected chi connectivity index (χ0v) is 26.4. The van der Waals surface area contributed by atoms with Gasteiger partial charge >= 0.3 is 0 Å². The summed E-state index contributed by atoms with van der Waals surface area (Å²) in [5.74, 6) is 1.79. The number of fused-ring (bicyclic) bond motifs is 2. The fourth-order valence-electron chi connectivity index (χ4n) is 6.31. The topological polar surface area (TPSA) is 124 Å². The average Bonchev–Trinajstić information content (AvgIpc) is 3.39. The lowest BCUT2D eigenvalue weighted by molar-refractivity contribution is -0.105. The Labute approximate surface area is 261 Å². The number of thiazole rings is 1. The maximum Gasteiger partial charge on any atom is 0.224 e. The first kappa shape index (κ1) is 29.5. The van der Waals surface area contributed by atoms with Crippen LogP contribution in [-0.2, 0) is 14.2 Å². The van der Waals surface area contributed by atoms with Crippen molar-refractivity contribution in [3.8, 4) is 10.6 Å². The highest BCUT2D eigenvalue weighted by atomic mass is 32.1. The van der Waals surface area contributed by atoms with E-state index in [0.29, 0.717) is 31.3 Å². The van der Waals surface area contributed by atoms with Crippen LogP contribution in [0.2, 0.25) is 0 Å². The van der Waals surface area contributed by atoms with E-state index in [1.165, 1.54) is 12.8 Å². The lowest BCUT2D eigenvalue weighted by Crippen LogP contribution is -2.38. The van der Waals surface area contributed by atoms with E-state index in [0.717, 1.165) is 50.3 Å². The van der Waals surface area contributed by atoms with Crippen LogP contribution in [0.25, 0.3) is 20.8 Å². The number of nitrogens with one attached hydrogen (secondary N) is 2. The molecule has 3 aromatic heterocycles. The molecule has 3 fully saturated rings. The second-order valence-electron chi connectivity index (χ2n) is 12.8. The van der Waals surface area contributed by atoms with Crippen LogP contribution < -0.4 is 10.6 Å². The van der Waals surface area contributed by atoms with E-state index < -0.39 is 11.9 Å². The first-order valence-electron chi connectivity index (χ1n) is 15.5. The Morgan fingerprint density at radius 3 is 2.57 bits per heavy atom. The summed E-state index contributed by atoms with van der Waals surface area (Å²) in [7, 11) is 0. The summed E-state index contributed by atoms with van der Waals surface area (Å²) in [6.45, 7) is 9.69. The van der Waals surface area contributed by atoms with Crippen LogP contribution in [0.5, 0.6) is 0 Å². The average molecular weight is 617 g/mol. The molecule has 1 unspecified atom stereocenters. The Balaban J connectivity index is 1.20. The lowest BCUT2D eigenvalue weighted by Gasteiger charge is -2.29. The smallest absolute Gasteiger partial charge is 0.224 e. The van der Waals surface area contributed by atoms with Gasteiger partial charge in [0.1, 0.15) is 22.4 Å². The van der Waals surface area contributed by atoms with Crippen molar-refractivity contribution in [2.24, 2.45) is 11.8 Å². The first-order valence-corrected chi connectivity index (χ1v) is 16.3. The van der Waals surface area contributed by atoms with Crippen molar-refractivity contribution in [3.05, 3.63) is 59.5 Å². The summed E-state index contributed by atoms with van der Waals surface area (Å²) in [6.07, 6.45) is 3.95. The van der Waals surface area contributed by atoms with Gasteiger partial charge in [-0.25, -0.2) is 9.97 Å². The second-order valence-corrected chi connectivity index (χ2v) is 13.8. The van der Waals surface area contributed by atoms with E-state index in [1.54, 1.807) is 11.3 Å². The number of rotatable bonds is 11. The molecule has 1 aliphatic heterocycles. The summed E-state index contributed by atoms with van der Waals surface area (Å²) in [5, 5.41) is 19.1. The Kier molecular flexibility index (Phi) is 8.00. The molecule has 11 heteroatoms. The van der Waals surface area contributed by atoms with Crippen LogP contribution in [-0.4, -0.2) is 68.7 Å². The number of aliphatic hydroxyl groups is 1. The summed E-state index contributed by atoms with van der Waals surface area (Å²) in [4.78, 5) is 19.3.